The number of carbonyl (C=O) groups excluding carboxylic acids is 2. The predicted molar refractivity (Wildman–Crippen MR) is 123 cm³/mol. The van der Waals surface area contributed by atoms with Crippen LogP contribution in [0.2, 0.25) is 0 Å². The Morgan fingerprint density at radius 3 is 2.39 bits per heavy atom. The Kier molecular flexibility index (Phi) is 6.96. The molecule has 5 heteroatoms. The molecule has 2 aliphatic carbocycles. The quantitative estimate of drug-likeness (QED) is 0.550. The number of aromatic amines is 1. The van der Waals surface area contributed by atoms with Gasteiger partial charge in [0.2, 0.25) is 5.91 Å². The smallest absolute Gasteiger partial charge is 0.268 e. The molecule has 5 nitrogen and oxygen atoms in total. The summed E-state index contributed by atoms with van der Waals surface area (Å²) in [6, 6.07) is 8.78. The van der Waals surface area contributed by atoms with Crippen LogP contribution in [0.3, 0.4) is 0 Å². The zero-order valence-electron chi connectivity index (χ0n) is 18.2. The maximum atomic E-state index is 13.2. The topological polar surface area (TPSA) is 74.0 Å². The maximum absolute atomic E-state index is 13.2. The van der Waals surface area contributed by atoms with Crippen molar-refractivity contribution in [3.63, 3.8) is 0 Å². The molecule has 2 atom stereocenters. The standard InChI is InChI=1S/C26H33N3O2/c1-2-21(15-18-11-8-12-18)27-25(30)23(16-19-9-4-3-5-10-19)29-26(31)24-17-20-13-6-7-14-22(20)28-24/h1,6-7,13-14,17-19,21,23,28H,3-5,8-12,15-16H2,(H,27,30)(H,29,31)/t21-,23+/m1/s1. The van der Waals surface area contributed by atoms with Crippen LogP contribution in [-0.4, -0.2) is 28.9 Å². The molecule has 31 heavy (non-hydrogen) atoms. The molecular weight excluding hydrogens is 386 g/mol. The van der Waals surface area contributed by atoms with Crippen molar-refractivity contribution in [1.29, 1.82) is 0 Å². The Labute approximate surface area is 184 Å². The van der Waals surface area contributed by atoms with E-state index >= 15 is 0 Å². The number of rotatable bonds is 8. The normalized spacial score (nSPS) is 19.2. The zero-order chi connectivity index (χ0) is 21.6. The SMILES string of the molecule is C#C[C@H](CC1CCC1)NC(=O)[C@H](CC1CCCCC1)NC(=O)c1cc2ccccc2[nH]1. The summed E-state index contributed by atoms with van der Waals surface area (Å²) in [4.78, 5) is 29.3. The van der Waals surface area contributed by atoms with Gasteiger partial charge in [-0.1, -0.05) is 75.5 Å². The summed E-state index contributed by atoms with van der Waals surface area (Å²) in [5.41, 5.74) is 1.39. The molecule has 0 aliphatic heterocycles. The van der Waals surface area contributed by atoms with Gasteiger partial charge in [0.15, 0.2) is 0 Å². The fourth-order valence-corrected chi connectivity index (χ4v) is 4.92. The predicted octanol–water partition coefficient (Wildman–Crippen LogP) is 4.54. The third-order valence-electron chi connectivity index (χ3n) is 7.00. The molecule has 1 heterocycles. The molecule has 0 radical (unpaired) electrons. The van der Waals surface area contributed by atoms with E-state index in [0.29, 0.717) is 24.0 Å². The molecule has 3 N–H and O–H groups in total. The monoisotopic (exact) mass is 419 g/mol. The lowest BCUT2D eigenvalue weighted by Crippen LogP contribution is -2.50. The van der Waals surface area contributed by atoms with Crippen LogP contribution < -0.4 is 10.6 Å². The van der Waals surface area contributed by atoms with Crippen LogP contribution in [-0.2, 0) is 4.79 Å². The van der Waals surface area contributed by atoms with E-state index in [-0.39, 0.29) is 17.9 Å². The van der Waals surface area contributed by atoms with Crippen molar-refractivity contribution in [2.24, 2.45) is 11.8 Å². The average molecular weight is 420 g/mol. The van der Waals surface area contributed by atoms with Gasteiger partial charge in [0.05, 0.1) is 6.04 Å². The Morgan fingerprint density at radius 1 is 1.00 bits per heavy atom. The number of nitrogens with one attached hydrogen (secondary N) is 3. The van der Waals surface area contributed by atoms with E-state index in [2.05, 4.69) is 21.5 Å². The van der Waals surface area contributed by atoms with Gasteiger partial charge in [-0.2, -0.15) is 0 Å². The number of hydrogen-bond acceptors (Lipinski definition) is 2. The number of hydrogen-bond donors (Lipinski definition) is 3. The Hall–Kier alpha value is -2.74. The van der Waals surface area contributed by atoms with Crippen LogP contribution in [0.1, 0.15) is 74.7 Å². The number of terminal acetylenes is 1. The highest BCUT2D eigenvalue weighted by atomic mass is 16.2. The van der Waals surface area contributed by atoms with E-state index in [1.54, 1.807) is 0 Å². The van der Waals surface area contributed by atoms with E-state index < -0.39 is 6.04 Å². The average Bonchev–Trinajstić information content (AvgIpc) is 3.20. The molecule has 1 aromatic heterocycles. The van der Waals surface area contributed by atoms with Gasteiger partial charge in [-0.25, -0.2) is 0 Å². The highest BCUT2D eigenvalue weighted by Crippen LogP contribution is 2.31. The summed E-state index contributed by atoms with van der Waals surface area (Å²) >= 11 is 0. The molecule has 0 unspecified atom stereocenters. The molecular formula is C26H33N3O2. The maximum Gasteiger partial charge on any atom is 0.268 e. The van der Waals surface area contributed by atoms with Gasteiger partial charge in [0.25, 0.3) is 5.91 Å². The lowest BCUT2D eigenvalue weighted by atomic mass is 9.81. The molecule has 0 spiro atoms. The first kappa shape index (κ1) is 21.5. The van der Waals surface area contributed by atoms with Gasteiger partial charge in [-0.05, 0) is 36.8 Å². The second-order valence-corrected chi connectivity index (χ2v) is 9.30. The molecule has 164 valence electrons. The highest BCUT2D eigenvalue weighted by molar-refractivity contribution is 6.00. The molecule has 4 rings (SSSR count). The number of H-pyrrole nitrogens is 1. The van der Waals surface area contributed by atoms with E-state index in [0.717, 1.165) is 30.2 Å². The fraction of sp³-hybridized carbons (Fsp3) is 0.538. The second kappa shape index (κ2) is 10.0. The van der Waals surface area contributed by atoms with Crippen LogP contribution in [0, 0.1) is 24.2 Å². The molecule has 2 amide bonds. The molecule has 1 aromatic carbocycles. The summed E-state index contributed by atoms with van der Waals surface area (Å²) in [6.45, 7) is 0. The lowest BCUT2D eigenvalue weighted by Gasteiger charge is -2.30. The van der Waals surface area contributed by atoms with Crippen molar-refractivity contribution in [1.82, 2.24) is 15.6 Å². The summed E-state index contributed by atoms with van der Waals surface area (Å²) in [5.74, 6) is 3.41. The first-order chi connectivity index (χ1) is 15.1. The minimum Gasteiger partial charge on any atom is -0.351 e. The molecule has 2 saturated carbocycles. The Balaban J connectivity index is 1.45. The van der Waals surface area contributed by atoms with Crippen molar-refractivity contribution in [2.45, 2.75) is 76.3 Å². The molecule has 0 saturated heterocycles. The largest absolute Gasteiger partial charge is 0.351 e. The summed E-state index contributed by atoms with van der Waals surface area (Å²) in [5, 5.41) is 7.02. The molecule has 2 aromatic rings. The van der Waals surface area contributed by atoms with Crippen LogP contribution in [0.15, 0.2) is 30.3 Å². The van der Waals surface area contributed by atoms with Gasteiger partial charge < -0.3 is 15.6 Å². The van der Waals surface area contributed by atoms with Crippen molar-refractivity contribution < 1.29 is 9.59 Å². The highest BCUT2D eigenvalue weighted by Gasteiger charge is 2.29. The number of amides is 2. The lowest BCUT2D eigenvalue weighted by molar-refractivity contribution is -0.124. The van der Waals surface area contributed by atoms with Crippen molar-refractivity contribution in [3.8, 4) is 12.3 Å². The number of carbonyl (C=O) groups is 2. The molecule has 0 bridgehead atoms. The third-order valence-corrected chi connectivity index (χ3v) is 7.00. The summed E-state index contributed by atoms with van der Waals surface area (Å²) in [6.07, 6.45) is 16.7. The summed E-state index contributed by atoms with van der Waals surface area (Å²) in [7, 11) is 0. The van der Waals surface area contributed by atoms with Gasteiger partial charge in [0.1, 0.15) is 11.7 Å². The van der Waals surface area contributed by atoms with Crippen LogP contribution in [0.25, 0.3) is 10.9 Å². The van der Waals surface area contributed by atoms with E-state index in [1.165, 1.54) is 38.5 Å². The fourth-order valence-electron chi connectivity index (χ4n) is 4.92. The van der Waals surface area contributed by atoms with Crippen LogP contribution in [0.5, 0.6) is 0 Å². The first-order valence-electron chi connectivity index (χ1n) is 11.8. The van der Waals surface area contributed by atoms with Crippen LogP contribution >= 0.6 is 0 Å². The number of para-hydroxylation sites is 1. The van der Waals surface area contributed by atoms with Crippen LogP contribution in [0.4, 0.5) is 0 Å². The Bertz CT molecular complexity index is 914. The second-order valence-electron chi connectivity index (χ2n) is 9.30. The van der Waals surface area contributed by atoms with Gasteiger partial charge in [-0.15, -0.1) is 6.42 Å². The number of aromatic nitrogens is 1. The summed E-state index contributed by atoms with van der Waals surface area (Å²) < 4.78 is 0. The first-order valence-corrected chi connectivity index (χ1v) is 11.8. The van der Waals surface area contributed by atoms with Crippen molar-refractivity contribution in [2.75, 3.05) is 0 Å². The number of fused-ring (bicyclic) bond motifs is 1. The van der Waals surface area contributed by atoms with E-state index in [1.807, 2.05) is 30.3 Å². The Morgan fingerprint density at radius 2 is 1.71 bits per heavy atom. The van der Waals surface area contributed by atoms with E-state index in [4.69, 9.17) is 6.42 Å². The van der Waals surface area contributed by atoms with Gasteiger partial charge >= 0.3 is 0 Å². The third kappa shape index (κ3) is 5.50. The van der Waals surface area contributed by atoms with Crippen molar-refractivity contribution >= 4 is 22.7 Å². The van der Waals surface area contributed by atoms with Crippen molar-refractivity contribution in [3.05, 3.63) is 36.0 Å². The zero-order valence-corrected chi connectivity index (χ0v) is 18.2. The van der Waals surface area contributed by atoms with Gasteiger partial charge in [-0.3, -0.25) is 9.59 Å². The van der Waals surface area contributed by atoms with E-state index in [9.17, 15) is 9.59 Å². The minimum absolute atomic E-state index is 0.155. The minimum atomic E-state index is -0.570. The van der Waals surface area contributed by atoms with Gasteiger partial charge in [0, 0.05) is 10.9 Å². The number of benzene rings is 1. The molecule has 2 aliphatic rings. The molecule has 2 fully saturated rings.